The number of carbonyl (C=O) groups is 3. The van der Waals surface area contributed by atoms with E-state index in [0.29, 0.717) is 5.75 Å². The summed E-state index contributed by atoms with van der Waals surface area (Å²) in [5.74, 6) is -2.10. The molecule has 1 fully saturated rings. The van der Waals surface area contributed by atoms with Crippen LogP contribution in [0, 0.1) is 5.92 Å². The molecule has 1 unspecified atom stereocenters. The van der Waals surface area contributed by atoms with Gasteiger partial charge in [-0.25, -0.2) is 4.79 Å². The molecule has 1 aromatic carbocycles. The lowest BCUT2D eigenvalue weighted by atomic mass is 10.1. The highest BCUT2D eigenvalue weighted by molar-refractivity contribution is 6.05. The molecule has 1 saturated heterocycles. The fourth-order valence-corrected chi connectivity index (χ4v) is 2.31. The number of ether oxygens (including phenoxy) is 2. The zero-order valence-corrected chi connectivity index (χ0v) is 11.7. The predicted octanol–water partition coefficient (Wildman–Crippen LogP) is 0.919. The minimum atomic E-state index is -1.15. The van der Waals surface area contributed by atoms with Gasteiger partial charge in [-0.3, -0.25) is 9.59 Å². The Labute approximate surface area is 121 Å². The number of esters is 1. The third-order valence-electron chi connectivity index (χ3n) is 3.39. The molecule has 21 heavy (non-hydrogen) atoms. The average Bonchev–Trinajstić information content (AvgIpc) is 2.87. The molecule has 1 heterocycles. The summed E-state index contributed by atoms with van der Waals surface area (Å²) in [6, 6.07) is 4.35. The lowest BCUT2D eigenvalue weighted by molar-refractivity contribution is -0.145. The molecule has 0 radical (unpaired) electrons. The first-order valence-corrected chi connectivity index (χ1v) is 6.27. The van der Waals surface area contributed by atoms with Crippen molar-refractivity contribution in [3.63, 3.8) is 0 Å². The van der Waals surface area contributed by atoms with Crippen molar-refractivity contribution in [1.29, 1.82) is 0 Å². The van der Waals surface area contributed by atoms with Gasteiger partial charge < -0.3 is 19.5 Å². The Kier molecular flexibility index (Phi) is 4.11. The normalized spacial score (nSPS) is 17.7. The number of hydrogen-bond acceptors (Lipinski definition) is 5. The van der Waals surface area contributed by atoms with Gasteiger partial charge in [-0.2, -0.15) is 0 Å². The molecule has 2 rings (SSSR count). The second-order valence-electron chi connectivity index (χ2n) is 4.62. The molecule has 1 amide bonds. The summed E-state index contributed by atoms with van der Waals surface area (Å²) in [5, 5.41) is 9.23. The molecule has 7 nitrogen and oxygen atoms in total. The van der Waals surface area contributed by atoms with Crippen molar-refractivity contribution in [2.45, 2.75) is 6.42 Å². The minimum absolute atomic E-state index is 0.00292. The molecule has 112 valence electrons. The molecular formula is C14H15NO6. The Morgan fingerprint density at radius 2 is 2.05 bits per heavy atom. The van der Waals surface area contributed by atoms with Crippen LogP contribution in [-0.4, -0.2) is 43.7 Å². The first-order valence-electron chi connectivity index (χ1n) is 6.27. The molecule has 7 heteroatoms. The quantitative estimate of drug-likeness (QED) is 0.830. The van der Waals surface area contributed by atoms with Crippen molar-refractivity contribution >= 4 is 23.5 Å². The molecule has 0 aliphatic carbocycles. The van der Waals surface area contributed by atoms with E-state index in [9.17, 15) is 19.5 Å². The van der Waals surface area contributed by atoms with Crippen LogP contribution in [0.1, 0.15) is 16.8 Å². The van der Waals surface area contributed by atoms with Gasteiger partial charge in [0.05, 0.1) is 31.4 Å². The number of carboxylic acids is 1. The number of methoxy groups -OCH3 is 2. The molecule has 0 spiro atoms. The van der Waals surface area contributed by atoms with E-state index >= 15 is 0 Å². The number of anilines is 1. The summed E-state index contributed by atoms with van der Waals surface area (Å²) in [6.45, 7) is 0.0962. The van der Waals surface area contributed by atoms with Crippen LogP contribution in [0.25, 0.3) is 0 Å². The molecule has 1 aliphatic rings. The van der Waals surface area contributed by atoms with E-state index in [4.69, 9.17) is 4.74 Å². The number of amides is 1. The van der Waals surface area contributed by atoms with Crippen molar-refractivity contribution in [2.24, 2.45) is 5.92 Å². The fourth-order valence-electron chi connectivity index (χ4n) is 2.31. The van der Waals surface area contributed by atoms with Crippen LogP contribution >= 0.6 is 0 Å². The molecule has 0 bridgehead atoms. The predicted molar refractivity (Wildman–Crippen MR) is 72.4 cm³/mol. The summed E-state index contributed by atoms with van der Waals surface area (Å²) in [6.07, 6.45) is 0.00292. The van der Waals surface area contributed by atoms with Crippen LogP contribution in [0.5, 0.6) is 5.75 Å². The van der Waals surface area contributed by atoms with Crippen LogP contribution in [0.2, 0.25) is 0 Å². The van der Waals surface area contributed by atoms with Crippen molar-refractivity contribution in [3.8, 4) is 5.75 Å². The third-order valence-corrected chi connectivity index (χ3v) is 3.39. The van der Waals surface area contributed by atoms with Gasteiger partial charge in [-0.1, -0.05) is 0 Å². The van der Waals surface area contributed by atoms with Crippen LogP contribution in [-0.2, 0) is 14.3 Å². The zero-order valence-electron chi connectivity index (χ0n) is 11.7. The number of carbonyl (C=O) groups excluding carboxylic acids is 2. The Balaban J connectivity index is 2.39. The number of hydrogen-bond donors (Lipinski definition) is 1. The van der Waals surface area contributed by atoms with E-state index in [-0.39, 0.29) is 30.1 Å². The van der Waals surface area contributed by atoms with Gasteiger partial charge >= 0.3 is 11.9 Å². The van der Waals surface area contributed by atoms with E-state index < -0.39 is 17.9 Å². The van der Waals surface area contributed by atoms with Gasteiger partial charge in [-0.15, -0.1) is 0 Å². The molecule has 1 aliphatic heterocycles. The summed E-state index contributed by atoms with van der Waals surface area (Å²) in [4.78, 5) is 36.2. The number of aromatic carboxylic acids is 1. The zero-order chi connectivity index (χ0) is 15.6. The summed E-state index contributed by atoms with van der Waals surface area (Å²) >= 11 is 0. The Morgan fingerprint density at radius 1 is 1.33 bits per heavy atom. The summed E-state index contributed by atoms with van der Waals surface area (Å²) in [7, 11) is 2.70. The lowest BCUT2D eigenvalue weighted by Gasteiger charge is -2.19. The highest BCUT2D eigenvalue weighted by Gasteiger charge is 2.37. The van der Waals surface area contributed by atoms with Gasteiger partial charge in [-0.05, 0) is 12.1 Å². The van der Waals surface area contributed by atoms with Crippen LogP contribution < -0.4 is 9.64 Å². The van der Waals surface area contributed by atoms with Crippen LogP contribution in [0.4, 0.5) is 5.69 Å². The minimum Gasteiger partial charge on any atom is -0.497 e. The van der Waals surface area contributed by atoms with E-state index in [0.717, 1.165) is 0 Å². The standard InChI is InChI=1S/C14H15NO6/c1-20-9-3-4-10(13(17)18)11(6-9)15-7-8(5-12(15)16)14(19)21-2/h3-4,6,8H,5,7H2,1-2H3,(H,17,18). The van der Waals surface area contributed by atoms with Gasteiger partial charge in [0.2, 0.25) is 5.91 Å². The maximum atomic E-state index is 12.1. The molecular weight excluding hydrogens is 278 g/mol. The molecule has 1 atom stereocenters. The Hall–Kier alpha value is -2.57. The third kappa shape index (κ3) is 2.81. The second kappa shape index (κ2) is 5.82. The maximum Gasteiger partial charge on any atom is 0.337 e. The van der Waals surface area contributed by atoms with E-state index in [1.165, 1.54) is 37.3 Å². The Morgan fingerprint density at radius 3 is 2.62 bits per heavy atom. The number of carboxylic acid groups (broad SMARTS) is 1. The molecule has 0 aromatic heterocycles. The van der Waals surface area contributed by atoms with Gasteiger partial charge in [0.15, 0.2) is 0 Å². The number of benzene rings is 1. The molecule has 1 N–H and O–H groups in total. The van der Waals surface area contributed by atoms with Crippen molar-refractivity contribution in [1.82, 2.24) is 0 Å². The van der Waals surface area contributed by atoms with E-state index in [1.54, 1.807) is 0 Å². The lowest BCUT2D eigenvalue weighted by Crippen LogP contribution is -2.27. The SMILES string of the molecule is COC(=O)C1CC(=O)N(c2cc(OC)ccc2C(=O)O)C1. The molecule has 0 saturated carbocycles. The number of rotatable bonds is 4. The van der Waals surface area contributed by atoms with Gasteiger partial charge in [0, 0.05) is 19.0 Å². The van der Waals surface area contributed by atoms with Crippen molar-refractivity contribution < 1.29 is 29.0 Å². The van der Waals surface area contributed by atoms with Crippen LogP contribution in [0.15, 0.2) is 18.2 Å². The van der Waals surface area contributed by atoms with Gasteiger partial charge in [0.25, 0.3) is 0 Å². The fraction of sp³-hybridized carbons (Fsp3) is 0.357. The first-order chi connectivity index (χ1) is 9.97. The summed E-state index contributed by atoms with van der Waals surface area (Å²) < 4.78 is 9.69. The highest BCUT2D eigenvalue weighted by Crippen LogP contribution is 2.31. The Bertz CT molecular complexity index is 597. The summed E-state index contributed by atoms with van der Waals surface area (Å²) in [5.41, 5.74) is 0.202. The van der Waals surface area contributed by atoms with Crippen LogP contribution in [0.3, 0.4) is 0 Å². The highest BCUT2D eigenvalue weighted by atomic mass is 16.5. The average molecular weight is 293 g/mol. The second-order valence-corrected chi connectivity index (χ2v) is 4.62. The van der Waals surface area contributed by atoms with E-state index in [1.807, 2.05) is 0 Å². The smallest absolute Gasteiger partial charge is 0.337 e. The molecule has 1 aromatic rings. The monoisotopic (exact) mass is 293 g/mol. The van der Waals surface area contributed by atoms with E-state index in [2.05, 4.69) is 4.74 Å². The first kappa shape index (κ1) is 14.8. The topological polar surface area (TPSA) is 93.1 Å². The van der Waals surface area contributed by atoms with Crippen molar-refractivity contribution in [3.05, 3.63) is 23.8 Å². The maximum absolute atomic E-state index is 12.1. The van der Waals surface area contributed by atoms with Gasteiger partial charge in [0.1, 0.15) is 5.75 Å². The largest absolute Gasteiger partial charge is 0.497 e. The van der Waals surface area contributed by atoms with Crippen molar-refractivity contribution in [2.75, 3.05) is 25.7 Å². The number of nitrogens with zero attached hydrogens (tertiary/aromatic N) is 1.